The molecule has 0 heterocycles. The van der Waals surface area contributed by atoms with Gasteiger partial charge in [0, 0.05) is 5.92 Å². The maximum atomic E-state index is 11.2. The zero-order chi connectivity index (χ0) is 19.9. The van der Waals surface area contributed by atoms with Crippen molar-refractivity contribution in [2.24, 2.45) is 11.3 Å². The lowest BCUT2D eigenvalue weighted by atomic mass is 9.77. The Bertz CT molecular complexity index is 387. The van der Waals surface area contributed by atoms with Crippen molar-refractivity contribution in [3.8, 4) is 0 Å². The maximum absolute atomic E-state index is 11.2. The van der Waals surface area contributed by atoms with Gasteiger partial charge in [0.1, 0.15) is 0 Å². The summed E-state index contributed by atoms with van der Waals surface area (Å²) >= 11 is 0. The first-order chi connectivity index (χ1) is 11.6. The van der Waals surface area contributed by atoms with Crippen LogP contribution in [0.1, 0.15) is 62.3 Å². The normalized spacial score (nSPS) is 15.6. The Hall–Kier alpha value is -0.126. The van der Waals surface area contributed by atoms with Gasteiger partial charge in [-0.15, -0.1) is 6.58 Å². The SMILES string of the molecule is C=C[C@@H]([C@@H](O)C=C([Si](CC)(CC)CC)[Si](CC)(CC)CC)C(C)(C)C. The molecule has 0 spiro atoms. The summed E-state index contributed by atoms with van der Waals surface area (Å²) in [5.41, 5.74) is 0.0342. The summed E-state index contributed by atoms with van der Waals surface area (Å²) in [4.78, 5) is 1.78. The highest BCUT2D eigenvalue weighted by atomic mass is 28.4. The molecule has 0 rings (SSSR count). The molecule has 0 amide bonds. The van der Waals surface area contributed by atoms with Crippen LogP contribution in [0.25, 0.3) is 0 Å². The topological polar surface area (TPSA) is 20.2 Å². The number of rotatable bonds is 11. The highest BCUT2D eigenvalue weighted by Gasteiger charge is 2.44. The van der Waals surface area contributed by atoms with Gasteiger partial charge < -0.3 is 5.11 Å². The first-order valence-corrected chi connectivity index (χ1v) is 15.9. The molecule has 0 aliphatic heterocycles. The van der Waals surface area contributed by atoms with Gasteiger partial charge in [-0.2, -0.15) is 0 Å². The third-order valence-electron chi connectivity index (χ3n) is 7.16. The summed E-state index contributed by atoms with van der Waals surface area (Å²) in [6, 6.07) is 7.84. The fourth-order valence-electron chi connectivity index (χ4n) is 4.84. The lowest BCUT2D eigenvalue weighted by Crippen LogP contribution is -2.50. The Morgan fingerprint density at radius 2 is 1.16 bits per heavy atom. The van der Waals surface area contributed by atoms with Gasteiger partial charge in [-0.3, -0.25) is 0 Å². The van der Waals surface area contributed by atoms with Crippen LogP contribution in [-0.4, -0.2) is 27.4 Å². The van der Waals surface area contributed by atoms with Gasteiger partial charge in [-0.1, -0.05) is 116 Å². The van der Waals surface area contributed by atoms with E-state index in [0.717, 1.165) is 0 Å². The molecule has 0 aliphatic carbocycles. The van der Waals surface area contributed by atoms with Crippen LogP contribution in [0.15, 0.2) is 23.6 Å². The van der Waals surface area contributed by atoms with E-state index in [-0.39, 0.29) is 11.3 Å². The van der Waals surface area contributed by atoms with E-state index < -0.39 is 22.3 Å². The monoisotopic (exact) mass is 382 g/mol. The summed E-state index contributed by atoms with van der Waals surface area (Å²) in [5, 5.41) is 11.2. The van der Waals surface area contributed by atoms with E-state index in [1.54, 1.807) is 4.82 Å². The van der Waals surface area contributed by atoms with Crippen LogP contribution in [0, 0.1) is 11.3 Å². The molecule has 0 aromatic rings. The van der Waals surface area contributed by atoms with Crippen molar-refractivity contribution in [1.82, 2.24) is 0 Å². The molecule has 25 heavy (non-hydrogen) atoms. The molecule has 0 bridgehead atoms. The fourth-order valence-corrected chi connectivity index (χ4v) is 18.9. The lowest BCUT2D eigenvalue weighted by Gasteiger charge is -2.44. The van der Waals surface area contributed by atoms with Crippen LogP contribution in [0.2, 0.25) is 36.3 Å². The van der Waals surface area contributed by atoms with Crippen molar-refractivity contribution in [2.75, 3.05) is 0 Å². The van der Waals surface area contributed by atoms with Crippen LogP contribution in [0.3, 0.4) is 0 Å². The molecule has 0 fully saturated rings. The number of aliphatic hydroxyl groups is 1. The van der Waals surface area contributed by atoms with Gasteiger partial charge in [0.2, 0.25) is 0 Å². The first-order valence-electron chi connectivity index (χ1n) is 10.6. The average molecular weight is 383 g/mol. The van der Waals surface area contributed by atoms with Crippen molar-refractivity contribution in [3.05, 3.63) is 23.6 Å². The van der Waals surface area contributed by atoms with Gasteiger partial charge in [0.05, 0.1) is 22.3 Å². The van der Waals surface area contributed by atoms with Gasteiger partial charge in [0.15, 0.2) is 0 Å². The largest absolute Gasteiger partial charge is 0.388 e. The molecule has 0 radical (unpaired) electrons. The van der Waals surface area contributed by atoms with Crippen LogP contribution in [0.5, 0.6) is 0 Å². The Kier molecular flexibility index (Phi) is 10.2. The molecule has 2 atom stereocenters. The summed E-state index contributed by atoms with van der Waals surface area (Å²) in [7, 11) is -2.99. The standard InChI is InChI=1S/C22H46OSi2/c1-11-19(22(8,9)10)20(23)18-21(24(12-2,13-3)14-4)25(15-5,16-6)17-7/h11,18-20,23H,1,12-17H2,2-10H3/t19-,20-/m0/s1. The number of hydrogen-bond acceptors (Lipinski definition) is 1. The molecular weight excluding hydrogens is 336 g/mol. The molecular formula is C22H46OSi2. The van der Waals surface area contributed by atoms with Crippen molar-refractivity contribution in [3.63, 3.8) is 0 Å². The predicted octanol–water partition coefficient (Wildman–Crippen LogP) is 7.22. The minimum Gasteiger partial charge on any atom is -0.388 e. The first kappa shape index (κ1) is 24.9. The molecule has 1 nitrogen and oxygen atoms in total. The third-order valence-corrected chi connectivity index (χ3v) is 21.1. The highest BCUT2D eigenvalue weighted by molar-refractivity contribution is 7.07. The minimum absolute atomic E-state index is 0.0342. The predicted molar refractivity (Wildman–Crippen MR) is 122 cm³/mol. The molecule has 0 saturated carbocycles. The average Bonchev–Trinajstić information content (AvgIpc) is 2.58. The molecule has 0 aromatic heterocycles. The summed E-state index contributed by atoms with van der Waals surface area (Å²) in [5.74, 6) is 0.108. The lowest BCUT2D eigenvalue weighted by molar-refractivity contribution is 0.108. The molecule has 0 aromatic carbocycles. The van der Waals surface area contributed by atoms with E-state index >= 15 is 0 Å². The zero-order valence-electron chi connectivity index (χ0n) is 18.7. The van der Waals surface area contributed by atoms with Gasteiger partial charge in [-0.05, 0) is 5.41 Å². The van der Waals surface area contributed by atoms with Crippen molar-refractivity contribution >= 4 is 16.1 Å². The maximum Gasteiger partial charge on any atom is 0.0783 e. The minimum atomic E-state index is -1.50. The quantitative estimate of drug-likeness (QED) is 0.295. The van der Waals surface area contributed by atoms with E-state index in [1.165, 1.54) is 36.3 Å². The highest BCUT2D eigenvalue weighted by Crippen LogP contribution is 2.41. The van der Waals surface area contributed by atoms with E-state index in [0.29, 0.717) is 0 Å². The third kappa shape index (κ3) is 5.43. The van der Waals surface area contributed by atoms with Crippen molar-refractivity contribution < 1.29 is 5.11 Å². The Labute approximate surface area is 161 Å². The Morgan fingerprint density at radius 1 is 0.840 bits per heavy atom. The molecule has 3 heteroatoms. The Balaban J connectivity index is 6.44. The second-order valence-electron chi connectivity index (χ2n) is 8.88. The van der Waals surface area contributed by atoms with E-state index in [1.807, 2.05) is 6.08 Å². The van der Waals surface area contributed by atoms with Crippen LogP contribution in [-0.2, 0) is 0 Å². The van der Waals surface area contributed by atoms with Crippen LogP contribution in [0.4, 0.5) is 0 Å². The van der Waals surface area contributed by atoms with E-state index in [4.69, 9.17) is 0 Å². The Morgan fingerprint density at radius 3 is 1.36 bits per heavy atom. The molecule has 148 valence electrons. The van der Waals surface area contributed by atoms with Crippen LogP contribution >= 0.6 is 0 Å². The number of hydrogen-bond donors (Lipinski definition) is 1. The van der Waals surface area contributed by atoms with Gasteiger partial charge >= 0.3 is 0 Å². The molecule has 0 unspecified atom stereocenters. The zero-order valence-corrected chi connectivity index (χ0v) is 20.7. The molecule has 1 N–H and O–H groups in total. The van der Waals surface area contributed by atoms with Crippen molar-refractivity contribution in [2.45, 2.75) is 105 Å². The van der Waals surface area contributed by atoms with Crippen LogP contribution < -0.4 is 0 Å². The van der Waals surface area contributed by atoms with Gasteiger partial charge in [0.25, 0.3) is 0 Å². The summed E-state index contributed by atoms with van der Waals surface area (Å²) in [6.45, 7) is 25.1. The smallest absolute Gasteiger partial charge is 0.0783 e. The van der Waals surface area contributed by atoms with E-state index in [9.17, 15) is 5.11 Å². The van der Waals surface area contributed by atoms with Gasteiger partial charge in [-0.25, -0.2) is 0 Å². The summed E-state index contributed by atoms with van der Waals surface area (Å²) < 4.78 is 0. The second kappa shape index (κ2) is 10.3. The summed E-state index contributed by atoms with van der Waals surface area (Å²) in [6.07, 6.45) is 3.93. The molecule has 0 saturated heterocycles. The van der Waals surface area contributed by atoms with Crippen molar-refractivity contribution in [1.29, 1.82) is 0 Å². The van der Waals surface area contributed by atoms with E-state index in [2.05, 4.69) is 75.0 Å². The molecule has 0 aliphatic rings. The number of aliphatic hydroxyl groups excluding tert-OH is 1. The fraction of sp³-hybridized carbons (Fsp3) is 0.818. The second-order valence-corrected chi connectivity index (χ2v) is 19.8.